The van der Waals surface area contributed by atoms with Crippen LogP contribution in [0.4, 0.5) is 0 Å². The molecule has 1 atom stereocenters. The molecule has 2 rings (SSSR count). The molecule has 136 valence electrons. The first-order valence-electron chi connectivity index (χ1n) is 9.27. The van der Waals surface area contributed by atoms with Gasteiger partial charge in [0.2, 0.25) is 0 Å². The van der Waals surface area contributed by atoms with Gasteiger partial charge in [-0.15, -0.1) is 6.42 Å². The minimum Gasteiger partial charge on any atom is -0.466 e. The van der Waals surface area contributed by atoms with Gasteiger partial charge in [0.25, 0.3) is 0 Å². The summed E-state index contributed by atoms with van der Waals surface area (Å²) in [5, 5.41) is 10.3. The van der Waals surface area contributed by atoms with E-state index in [-0.39, 0.29) is 18.5 Å². The number of rotatable bonds is 7. The van der Waals surface area contributed by atoms with E-state index in [1.54, 1.807) is 0 Å². The number of terminal acetylenes is 1. The van der Waals surface area contributed by atoms with Crippen molar-refractivity contribution in [3.63, 3.8) is 0 Å². The van der Waals surface area contributed by atoms with Gasteiger partial charge in [0.15, 0.2) is 0 Å². The lowest BCUT2D eigenvalue weighted by molar-refractivity contribution is -0.149. The lowest BCUT2D eigenvalue weighted by Crippen LogP contribution is -2.43. The molecule has 24 heavy (non-hydrogen) atoms. The van der Waals surface area contributed by atoms with Crippen LogP contribution in [0.3, 0.4) is 0 Å². The van der Waals surface area contributed by atoms with Gasteiger partial charge in [-0.2, -0.15) is 0 Å². The number of ether oxygens (including phenoxy) is 2. The summed E-state index contributed by atoms with van der Waals surface area (Å²) in [6, 6.07) is 0. The monoisotopic (exact) mass is 337 g/mol. The van der Waals surface area contributed by atoms with Crippen molar-refractivity contribution in [1.82, 2.24) is 4.90 Å². The fourth-order valence-corrected chi connectivity index (χ4v) is 3.67. The minimum absolute atomic E-state index is 0.00143. The number of carbonyl (C=O) groups is 1. The molecule has 0 amide bonds. The van der Waals surface area contributed by atoms with E-state index in [0.29, 0.717) is 13.2 Å². The van der Waals surface area contributed by atoms with Crippen LogP contribution in [0.2, 0.25) is 0 Å². The molecule has 5 heteroatoms. The Morgan fingerprint density at radius 3 is 2.58 bits per heavy atom. The summed E-state index contributed by atoms with van der Waals surface area (Å²) in [5.74, 6) is 2.72. The van der Waals surface area contributed by atoms with E-state index >= 15 is 0 Å². The zero-order chi connectivity index (χ0) is 17.4. The third-order valence-corrected chi connectivity index (χ3v) is 5.15. The van der Waals surface area contributed by atoms with Gasteiger partial charge in [-0.3, -0.25) is 4.79 Å². The Bertz CT molecular complexity index is 431. The standard InChI is InChI=1S/C19H31NO4/c1-3-19(10-6-5-7-11-19)24-15-17(21)14-20-12-8-16(9-13-20)18(22)23-4-2/h1,16-17,21H,4-15H2,2H3/t17-/m1/s1. The van der Waals surface area contributed by atoms with Gasteiger partial charge in [-0.25, -0.2) is 0 Å². The van der Waals surface area contributed by atoms with Crippen LogP contribution in [0.15, 0.2) is 0 Å². The van der Waals surface area contributed by atoms with Gasteiger partial charge in [0.05, 0.1) is 25.2 Å². The number of β-amino-alcohol motifs (C(OH)–C–C–N with tert-alkyl or cyclic N) is 1. The van der Waals surface area contributed by atoms with Crippen molar-refractivity contribution in [3.05, 3.63) is 0 Å². The molecule has 0 aromatic carbocycles. The van der Waals surface area contributed by atoms with Crippen molar-refractivity contribution in [2.75, 3.05) is 32.8 Å². The van der Waals surface area contributed by atoms with Crippen LogP contribution in [-0.4, -0.2) is 60.5 Å². The van der Waals surface area contributed by atoms with Crippen molar-refractivity contribution in [2.24, 2.45) is 5.92 Å². The predicted molar refractivity (Wildman–Crippen MR) is 92.4 cm³/mol. The highest BCUT2D eigenvalue weighted by Crippen LogP contribution is 2.31. The molecule has 0 aromatic heterocycles. The molecule has 0 aromatic rings. The summed E-state index contributed by atoms with van der Waals surface area (Å²) < 4.78 is 11.0. The average molecular weight is 337 g/mol. The fourth-order valence-electron chi connectivity index (χ4n) is 3.67. The van der Waals surface area contributed by atoms with Crippen molar-refractivity contribution in [1.29, 1.82) is 0 Å². The summed E-state index contributed by atoms with van der Waals surface area (Å²) in [5.41, 5.74) is -0.476. The minimum atomic E-state index is -0.545. The molecule has 2 aliphatic rings. The Balaban J connectivity index is 1.69. The Hall–Kier alpha value is -1.09. The number of hydrogen-bond donors (Lipinski definition) is 1. The Morgan fingerprint density at radius 2 is 2.00 bits per heavy atom. The van der Waals surface area contributed by atoms with Crippen LogP contribution in [0.1, 0.15) is 51.9 Å². The first-order valence-corrected chi connectivity index (χ1v) is 9.27. The number of esters is 1. The topological polar surface area (TPSA) is 59.0 Å². The molecule has 1 saturated heterocycles. The second-order valence-electron chi connectivity index (χ2n) is 6.99. The number of aliphatic hydroxyl groups is 1. The number of aliphatic hydroxyl groups excluding tert-OH is 1. The molecule has 1 saturated carbocycles. The fraction of sp³-hybridized carbons (Fsp3) is 0.842. The Kier molecular flexibility index (Phi) is 7.54. The highest BCUT2D eigenvalue weighted by molar-refractivity contribution is 5.72. The number of carbonyl (C=O) groups excluding carboxylic acids is 1. The lowest BCUT2D eigenvalue weighted by atomic mass is 9.85. The molecule has 0 unspecified atom stereocenters. The molecule has 0 spiro atoms. The quantitative estimate of drug-likeness (QED) is 0.569. The summed E-state index contributed by atoms with van der Waals surface area (Å²) in [7, 11) is 0. The summed E-state index contributed by atoms with van der Waals surface area (Å²) >= 11 is 0. The normalized spacial score (nSPS) is 23.4. The second kappa shape index (κ2) is 9.41. The molecular weight excluding hydrogens is 306 g/mol. The van der Waals surface area contributed by atoms with E-state index in [4.69, 9.17) is 15.9 Å². The largest absolute Gasteiger partial charge is 0.466 e. The maximum Gasteiger partial charge on any atom is 0.309 e. The number of hydrogen-bond acceptors (Lipinski definition) is 5. The van der Waals surface area contributed by atoms with E-state index in [1.807, 2.05) is 6.92 Å². The van der Waals surface area contributed by atoms with Crippen LogP contribution in [-0.2, 0) is 14.3 Å². The third-order valence-electron chi connectivity index (χ3n) is 5.15. The smallest absolute Gasteiger partial charge is 0.309 e. The zero-order valence-corrected chi connectivity index (χ0v) is 14.8. The summed E-state index contributed by atoms with van der Waals surface area (Å²) in [4.78, 5) is 13.9. The van der Waals surface area contributed by atoms with Gasteiger partial charge < -0.3 is 19.5 Å². The first kappa shape index (κ1) is 19.2. The third kappa shape index (κ3) is 5.47. The van der Waals surface area contributed by atoms with Gasteiger partial charge >= 0.3 is 5.97 Å². The van der Waals surface area contributed by atoms with Crippen molar-refractivity contribution in [3.8, 4) is 12.3 Å². The molecule has 0 bridgehead atoms. The number of likely N-dealkylation sites (tertiary alicyclic amines) is 1. The van der Waals surface area contributed by atoms with E-state index in [2.05, 4.69) is 10.8 Å². The Labute approximate surface area is 145 Å². The molecule has 1 aliphatic carbocycles. The van der Waals surface area contributed by atoms with Crippen molar-refractivity contribution < 1.29 is 19.4 Å². The van der Waals surface area contributed by atoms with Gasteiger partial charge in [-0.1, -0.05) is 12.3 Å². The van der Waals surface area contributed by atoms with E-state index in [9.17, 15) is 9.90 Å². The molecule has 1 aliphatic heterocycles. The summed E-state index contributed by atoms with van der Waals surface area (Å²) in [6.45, 7) is 4.73. The maximum atomic E-state index is 11.7. The Morgan fingerprint density at radius 1 is 1.33 bits per heavy atom. The first-order chi connectivity index (χ1) is 11.6. The van der Waals surface area contributed by atoms with Crippen molar-refractivity contribution >= 4 is 5.97 Å². The number of nitrogens with zero attached hydrogens (tertiary/aromatic N) is 1. The molecular formula is C19H31NO4. The highest BCUT2D eigenvalue weighted by atomic mass is 16.5. The van der Waals surface area contributed by atoms with E-state index in [1.165, 1.54) is 6.42 Å². The van der Waals surface area contributed by atoms with E-state index in [0.717, 1.165) is 51.6 Å². The van der Waals surface area contributed by atoms with Gasteiger partial charge in [0.1, 0.15) is 5.60 Å². The summed E-state index contributed by atoms with van der Waals surface area (Å²) in [6.07, 6.45) is 11.9. The molecule has 0 radical (unpaired) electrons. The highest BCUT2D eigenvalue weighted by Gasteiger charge is 2.32. The van der Waals surface area contributed by atoms with Crippen LogP contribution in [0.5, 0.6) is 0 Å². The van der Waals surface area contributed by atoms with Crippen LogP contribution < -0.4 is 0 Å². The number of piperidine rings is 1. The van der Waals surface area contributed by atoms with Crippen LogP contribution >= 0.6 is 0 Å². The average Bonchev–Trinajstić information content (AvgIpc) is 2.61. The molecule has 1 heterocycles. The predicted octanol–water partition coefficient (Wildman–Crippen LogP) is 1.98. The molecule has 1 N–H and O–H groups in total. The molecule has 2 fully saturated rings. The zero-order valence-electron chi connectivity index (χ0n) is 14.8. The van der Waals surface area contributed by atoms with Crippen LogP contribution in [0, 0.1) is 18.3 Å². The van der Waals surface area contributed by atoms with Gasteiger partial charge in [-0.05, 0) is 58.5 Å². The molecule has 5 nitrogen and oxygen atoms in total. The SMILES string of the molecule is C#CC1(OC[C@H](O)CN2CCC(C(=O)OCC)CC2)CCCCC1. The van der Waals surface area contributed by atoms with Crippen molar-refractivity contribution in [2.45, 2.75) is 63.6 Å². The van der Waals surface area contributed by atoms with E-state index < -0.39 is 11.7 Å². The lowest BCUT2D eigenvalue weighted by Gasteiger charge is -2.35. The van der Waals surface area contributed by atoms with Crippen LogP contribution in [0.25, 0.3) is 0 Å². The maximum absolute atomic E-state index is 11.7. The second-order valence-corrected chi connectivity index (χ2v) is 6.99. The van der Waals surface area contributed by atoms with Gasteiger partial charge in [0, 0.05) is 6.54 Å².